The van der Waals surface area contributed by atoms with Gasteiger partial charge in [0.2, 0.25) is 0 Å². The minimum atomic E-state index is -0.437. The monoisotopic (exact) mass is 341 g/mol. The molecule has 1 saturated heterocycles. The van der Waals surface area contributed by atoms with E-state index in [-0.39, 0.29) is 23.1 Å². The van der Waals surface area contributed by atoms with Crippen LogP contribution in [0.25, 0.3) is 0 Å². The fourth-order valence-electron chi connectivity index (χ4n) is 2.78. The predicted octanol–water partition coefficient (Wildman–Crippen LogP) is 3.35. The van der Waals surface area contributed by atoms with E-state index in [1.807, 2.05) is 0 Å². The summed E-state index contributed by atoms with van der Waals surface area (Å²) in [5, 5.41) is 2.64. The quantitative estimate of drug-likeness (QED) is 0.931. The van der Waals surface area contributed by atoms with E-state index in [0.29, 0.717) is 24.7 Å². The molecule has 1 aromatic carbocycles. The molecule has 1 N–H and O–H groups in total. The van der Waals surface area contributed by atoms with Gasteiger partial charge in [-0.15, -0.1) is 0 Å². The van der Waals surface area contributed by atoms with Crippen molar-refractivity contribution in [2.75, 3.05) is 18.4 Å². The van der Waals surface area contributed by atoms with Gasteiger partial charge in [0, 0.05) is 18.8 Å². The third-order valence-electron chi connectivity index (χ3n) is 4.37. The molecule has 0 atom stereocenters. The highest BCUT2D eigenvalue weighted by molar-refractivity contribution is 6.03. The summed E-state index contributed by atoms with van der Waals surface area (Å²) < 4.78 is 12.9. The first-order valence-corrected chi connectivity index (χ1v) is 8.36. The number of anilines is 1. The second-order valence-electron chi connectivity index (χ2n) is 6.34. The first-order chi connectivity index (χ1) is 12.0. The van der Waals surface area contributed by atoms with Crippen LogP contribution in [0.3, 0.4) is 0 Å². The topological polar surface area (TPSA) is 62.3 Å². The lowest BCUT2D eigenvalue weighted by Gasteiger charge is -2.30. The standard InChI is InChI=1S/C19H20FN3O2/c1-13-9-11-23(12-10-13)19(25)17-4-2-3-16(22-17)18(24)21-15-7-5-14(20)6-8-15/h2-8,13H,9-12H2,1H3,(H,21,24). The van der Waals surface area contributed by atoms with Crippen LogP contribution in [-0.2, 0) is 0 Å². The molecule has 0 unspecified atom stereocenters. The summed E-state index contributed by atoms with van der Waals surface area (Å²) in [4.78, 5) is 30.9. The van der Waals surface area contributed by atoms with Crippen LogP contribution in [0.1, 0.15) is 40.7 Å². The number of likely N-dealkylation sites (tertiary alicyclic amines) is 1. The number of pyridine rings is 1. The van der Waals surface area contributed by atoms with Crippen LogP contribution in [-0.4, -0.2) is 34.8 Å². The summed E-state index contributed by atoms with van der Waals surface area (Å²) in [7, 11) is 0. The lowest BCUT2D eigenvalue weighted by atomic mass is 9.99. The summed E-state index contributed by atoms with van der Waals surface area (Å²) in [6, 6.07) is 10.3. The van der Waals surface area contributed by atoms with Crippen molar-refractivity contribution in [1.29, 1.82) is 0 Å². The van der Waals surface area contributed by atoms with Gasteiger partial charge in [0.1, 0.15) is 17.2 Å². The van der Waals surface area contributed by atoms with Crippen molar-refractivity contribution in [2.24, 2.45) is 5.92 Å². The molecule has 3 rings (SSSR count). The molecule has 0 radical (unpaired) electrons. The molecule has 0 aliphatic carbocycles. The zero-order chi connectivity index (χ0) is 17.8. The number of halogens is 1. The van der Waals surface area contributed by atoms with Gasteiger partial charge in [-0.05, 0) is 55.2 Å². The zero-order valence-corrected chi connectivity index (χ0v) is 14.0. The first-order valence-electron chi connectivity index (χ1n) is 8.36. The summed E-state index contributed by atoms with van der Waals surface area (Å²) in [5.74, 6) is -0.332. The van der Waals surface area contributed by atoms with Crippen molar-refractivity contribution in [3.8, 4) is 0 Å². The Morgan fingerprint density at radius 3 is 2.40 bits per heavy atom. The van der Waals surface area contributed by atoms with Crippen LogP contribution in [0.5, 0.6) is 0 Å². The summed E-state index contributed by atoms with van der Waals surface area (Å²) in [5.41, 5.74) is 0.886. The molecule has 0 saturated carbocycles. The molecule has 1 fully saturated rings. The van der Waals surface area contributed by atoms with Gasteiger partial charge in [-0.1, -0.05) is 13.0 Å². The number of piperidine rings is 1. The minimum absolute atomic E-state index is 0.150. The van der Waals surface area contributed by atoms with Gasteiger partial charge in [0.15, 0.2) is 0 Å². The highest BCUT2D eigenvalue weighted by atomic mass is 19.1. The molecule has 6 heteroatoms. The molecular formula is C19H20FN3O2. The number of amides is 2. The number of carbonyl (C=O) groups is 2. The lowest BCUT2D eigenvalue weighted by molar-refractivity contribution is 0.0691. The maximum atomic E-state index is 12.9. The molecule has 0 bridgehead atoms. The van der Waals surface area contributed by atoms with Gasteiger partial charge in [-0.3, -0.25) is 9.59 Å². The number of benzene rings is 1. The van der Waals surface area contributed by atoms with E-state index in [1.165, 1.54) is 24.3 Å². The van der Waals surface area contributed by atoms with Crippen molar-refractivity contribution < 1.29 is 14.0 Å². The van der Waals surface area contributed by atoms with Gasteiger partial charge in [-0.2, -0.15) is 0 Å². The number of aromatic nitrogens is 1. The molecule has 1 aliphatic heterocycles. The average molecular weight is 341 g/mol. The number of carbonyl (C=O) groups excluding carboxylic acids is 2. The van der Waals surface area contributed by atoms with E-state index in [4.69, 9.17) is 0 Å². The molecule has 0 spiro atoms. The third-order valence-corrected chi connectivity index (χ3v) is 4.37. The maximum Gasteiger partial charge on any atom is 0.274 e. The maximum absolute atomic E-state index is 12.9. The van der Waals surface area contributed by atoms with Crippen LogP contribution in [0.15, 0.2) is 42.5 Å². The SMILES string of the molecule is CC1CCN(C(=O)c2cccc(C(=O)Nc3ccc(F)cc3)n2)CC1. The molecule has 1 aromatic heterocycles. The van der Waals surface area contributed by atoms with Crippen molar-refractivity contribution in [3.63, 3.8) is 0 Å². The Labute approximate surface area is 145 Å². The van der Waals surface area contributed by atoms with E-state index in [0.717, 1.165) is 12.8 Å². The molecule has 5 nitrogen and oxygen atoms in total. The number of nitrogens with zero attached hydrogens (tertiary/aromatic N) is 2. The Morgan fingerprint density at radius 1 is 1.08 bits per heavy atom. The van der Waals surface area contributed by atoms with Crippen LogP contribution in [0.2, 0.25) is 0 Å². The van der Waals surface area contributed by atoms with Crippen LogP contribution < -0.4 is 5.32 Å². The van der Waals surface area contributed by atoms with Crippen LogP contribution >= 0.6 is 0 Å². The first kappa shape index (κ1) is 17.1. The van der Waals surface area contributed by atoms with Gasteiger partial charge in [0.05, 0.1) is 0 Å². The van der Waals surface area contributed by atoms with Crippen molar-refractivity contribution in [2.45, 2.75) is 19.8 Å². The highest BCUT2D eigenvalue weighted by Gasteiger charge is 2.23. The third kappa shape index (κ3) is 4.21. The minimum Gasteiger partial charge on any atom is -0.337 e. The van der Waals surface area contributed by atoms with Gasteiger partial charge < -0.3 is 10.2 Å². The fourth-order valence-corrected chi connectivity index (χ4v) is 2.78. The van der Waals surface area contributed by atoms with E-state index >= 15 is 0 Å². The Hall–Kier alpha value is -2.76. The molecular weight excluding hydrogens is 321 g/mol. The number of hydrogen-bond donors (Lipinski definition) is 1. The number of rotatable bonds is 3. The Kier molecular flexibility index (Phi) is 5.07. The normalized spacial score (nSPS) is 15.0. The average Bonchev–Trinajstić information content (AvgIpc) is 2.64. The summed E-state index contributed by atoms with van der Waals surface area (Å²) >= 11 is 0. The highest BCUT2D eigenvalue weighted by Crippen LogP contribution is 2.18. The second-order valence-corrected chi connectivity index (χ2v) is 6.34. The Balaban J connectivity index is 1.71. The van der Waals surface area contributed by atoms with Gasteiger partial charge in [0.25, 0.3) is 11.8 Å². The number of nitrogens with one attached hydrogen (secondary N) is 1. The van der Waals surface area contributed by atoms with Crippen molar-refractivity contribution in [3.05, 3.63) is 59.7 Å². The summed E-state index contributed by atoms with van der Waals surface area (Å²) in [6.07, 6.45) is 1.97. The van der Waals surface area contributed by atoms with Gasteiger partial charge >= 0.3 is 0 Å². The van der Waals surface area contributed by atoms with E-state index in [2.05, 4.69) is 17.2 Å². The predicted molar refractivity (Wildman–Crippen MR) is 92.9 cm³/mol. The smallest absolute Gasteiger partial charge is 0.274 e. The van der Waals surface area contributed by atoms with Crippen LogP contribution in [0.4, 0.5) is 10.1 Å². The molecule has 130 valence electrons. The lowest BCUT2D eigenvalue weighted by Crippen LogP contribution is -2.38. The molecule has 2 aromatic rings. The van der Waals surface area contributed by atoms with Crippen molar-refractivity contribution >= 4 is 17.5 Å². The zero-order valence-electron chi connectivity index (χ0n) is 14.0. The van der Waals surface area contributed by atoms with E-state index < -0.39 is 5.91 Å². The molecule has 2 amide bonds. The van der Waals surface area contributed by atoms with E-state index in [1.54, 1.807) is 23.1 Å². The largest absolute Gasteiger partial charge is 0.337 e. The fraction of sp³-hybridized carbons (Fsp3) is 0.316. The Morgan fingerprint density at radius 2 is 1.72 bits per heavy atom. The van der Waals surface area contributed by atoms with Crippen molar-refractivity contribution in [1.82, 2.24) is 9.88 Å². The second kappa shape index (κ2) is 7.42. The Bertz CT molecular complexity index is 768. The number of hydrogen-bond acceptors (Lipinski definition) is 3. The molecule has 1 aliphatic rings. The van der Waals surface area contributed by atoms with E-state index in [9.17, 15) is 14.0 Å². The molecule has 25 heavy (non-hydrogen) atoms. The van der Waals surface area contributed by atoms with Crippen LogP contribution in [0, 0.1) is 11.7 Å². The van der Waals surface area contributed by atoms with Gasteiger partial charge in [-0.25, -0.2) is 9.37 Å². The summed E-state index contributed by atoms with van der Waals surface area (Å²) in [6.45, 7) is 3.61. The molecule has 2 heterocycles.